The van der Waals surface area contributed by atoms with Gasteiger partial charge < -0.3 is 16.0 Å². The van der Waals surface area contributed by atoms with E-state index in [1.165, 1.54) is 11.1 Å². The lowest BCUT2D eigenvalue weighted by atomic mass is 9.48. The van der Waals surface area contributed by atoms with E-state index in [0.29, 0.717) is 11.8 Å². The van der Waals surface area contributed by atoms with Crippen LogP contribution in [0.3, 0.4) is 0 Å². The minimum atomic E-state index is -0.693. The van der Waals surface area contributed by atoms with Crippen LogP contribution in [0.4, 0.5) is 5.69 Å². The van der Waals surface area contributed by atoms with Gasteiger partial charge in [-0.2, -0.15) is 0 Å². The van der Waals surface area contributed by atoms with Gasteiger partial charge in [-0.05, 0) is 52.2 Å². The minimum Gasteiger partial charge on any atom is -0.372 e. The van der Waals surface area contributed by atoms with Gasteiger partial charge in [-0.25, -0.2) is 0 Å². The molecule has 144 valence electrons. The number of benzene rings is 1. The smallest absolute Gasteiger partial charge is 0.245 e. The highest BCUT2D eigenvalue weighted by atomic mass is 16.2. The van der Waals surface area contributed by atoms with Crippen molar-refractivity contribution in [3.05, 3.63) is 41.5 Å². The zero-order valence-electron chi connectivity index (χ0n) is 16.6. The number of anilines is 1. The van der Waals surface area contributed by atoms with Gasteiger partial charge in [0.25, 0.3) is 0 Å². The van der Waals surface area contributed by atoms with Gasteiger partial charge in [0.05, 0.1) is 0 Å². The molecule has 0 aliphatic heterocycles. The molecule has 4 atom stereocenters. The van der Waals surface area contributed by atoms with Gasteiger partial charge in [-0.3, -0.25) is 9.59 Å². The third-order valence-corrected chi connectivity index (χ3v) is 6.49. The molecule has 3 fully saturated rings. The standard InChI is InChI=1S/C22H29N3O2/c1-13-5-7-15(8-6-13)25-21(3,4)20(27)23-19-17-11-22(24-14(2)26)10-9-16(17)18(19)12-22/h5-9,17-19,25H,10-12H2,1-4H3,(H,23,27)(H,24,26)/t17-,18+,19?,22?. The predicted octanol–water partition coefficient (Wildman–Crippen LogP) is 2.92. The molecule has 0 heterocycles. The van der Waals surface area contributed by atoms with E-state index in [9.17, 15) is 9.59 Å². The number of carbonyl (C=O) groups is 2. The summed E-state index contributed by atoms with van der Waals surface area (Å²) in [7, 11) is 0. The van der Waals surface area contributed by atoms with Gasteiger partial charge in [0.1, 0.15) is 5.54 Å². The monoisotopic (exact) mass is 367 g/mol. The highest BCUT2D eigenvalue weighted by molar-refractivity contribution is 5.89. The van der Waals surface area contributed by atoms with E-state index < -0.39 is 5.54 Å². The van der Waals surface area contributed by atoms with E-state index >= 15 is 0 Å². The normalized spacial score (nSPS) is 30.8. The molecule has 0 spiro atoms. The Balaban J connectivity index is 1.41. The van der Waals surface area contributed by atoms with Gasteiger partial charge in [0, 0.05) is 36.0 Å². The summed E-state index contributed by atoms with van der Waals surface area (Å²) in [4.78, 5) is 24.6. The third-order valence-electron chi connectivity index (χ3n) is 6.49. The maximum atomic E-state index is 13.0. The molecule has 2 amide bonds. The molecular formula is C22H29N3O2. The Kier molecular flexibility index (Phi) is 4.09. The molecule has 6 rings (SSSR count). The maximum absolute atomic E-state index is 13.0. The SMILES string of the molecule is CC(=O)NC12CC=C3[C@@H](C1)C(NC(=O)C(C)(C)Nc1ccc(C)cc1)[C@H]3C2. The van der Waals surface area contributed by atoms with Crippen molar-refractivity contribution < 1.29 is 9.59 Å². The second-order valence-electron chi connectivity index (χ2n) is 9.11. The lowest BCUT2D eigenvalue weighted by molar-refractivity contribution is -0.129. The van der Waals surface area contributed by atoms with Crippen LogP contribution in [0.15, 0.2) is 35.9 Å². The van der Waals surface area contributed by atoms with Crippen molar-refractivity contribution in [1.29, 1.82) is 0 Å². The predicted molar refractivity (Wildman–Crippen MR) is 106 cm³/mol. The van der Waals surface area contributed by atoms with Gasteiger partial charge in [0.2, 0.25) is 11.8 Å². The van der Waals surface area contributed by atoms with Crippen molar-refractivity contribution in [3.63, 3.8) is 0 Å². The molecule has 3 saturated carbocycles. The topological polar surface area (TPSA) is 70.2 Å². The van der Waals surface area contributed by atoms with Crippen LogP contribution in [0.2, 0.25) is 0 Å². The molecule has 1 aromatic rings. The Labute approximate surface area is 161 Å². The van der Waals surface area contributed by atoms with E-state index in [2.05, 4.69) is 22.0 Å². The molecule has 5 aliphatic carbocycles. The van der Waals surface area contributed by atoms with E-state index in [0.717, 1.165) is 24.9 Å². The first kappa shape index (κ1) is 18.1. The molecule has 5 aliphatic rings. The number of rotatable bonds is 5. The van der Waals surface area contributed by atoms with Gasteiger partial charge in [-0.15, -0.1) is 0 Å². The molecule has 2 unspecified atom stereocenters. The number of aryl methyl sites for hydroxylation is 1. The van der Waals surface area contributed by atoms with Crippen molar-refractivity contribution in [2.24, 2.45) is 11.8 Å². The zero-order chi connectivity index (χ0) is 19.4. The first-order chi connectivity index (χ1) is 12.7. The van der Waals surface area contributed by atoms with Crippen LogP contribution in [0, 0.1) is 18.8 Å². The minimum absolute atomic E-state index is 0.0229. The molecule has 3 N–H and O–H groups in total. The van der Waals surface area contributed by atoms with Crippen LogP contribution in [-0.4, -0.2) is 28.9 Å². The van der Waals surface area contributed by atoms with Crippen LogP contribution in [0.1, 0.15) is 45.6 Å². The molecule has 5 nitrogen and oxygen atoms in total. The van der Waals surface area contributed by atoms with E-state index in [1.54, 1.807) is 6.92 Å². The van der Waals surface area contributed by atoms with E-state index in [1.807, 2.05) is 45.0 Å². The fraction of sp³-hybridized carbons (Fsp3) is 0.545. The van der Waals surface area contributed by atoms with Crippen LogP contribution >= 0.6 is 0 Å². The number of hydrogen-bond donors (Lipinski definition) is 3. The lowest BCUT2D eigenvalue weighted by Gasteiger charge is -2.62. The van der Waals surface area contributed by atoms with Gasteiger partial charge in [0.15, 0.2) is 0 Å². The Hall–Kier alpha value is -2.30. The van der Waals surface area contributed by atoms with E-state index in [4.69, 9.17) is 0 Å². The molecule has 4 bridgehead atoms. The summed E-state index contributed by atoms with van der Waals surface area (Å²) in [5, 5.41) is 9.82. The first-order valence-electron chi connectivity index (χ1n) is 9.84. The summed E-state index contributed by atoms with van der Waals surface area (Å²) in [5.74, 6) is 0.791. The summed E-state index contributed by atoms with van der Waals surface area (Å²) in [6.07, 6.45) is 5.09. The Morgan fingerprint density at radius 3 is 2.33 bits per heavy atom. The number of fused-ring (bicyclic) bond motifs is 1. The van der Waals surface area contributed by atoms with Crippen molar-refractivity contribution in [3.8, 4) is 0 Å². The van der Waals surface area contributed by atoms with Gasteiger partial charge >= 0.3 is 0 Å². The summed E-state index contributed by atoms with van der Waals surface area (Å²) in [5.41, 5.74) is 2.83. The number of hydrogen-bond acceptors (Lipinski definition) is 3. The van der Waals surface area contributed by atoms with Crippen LogP contribution in [-0.2, 0) is 9.59 Å². The Morgan fingerprint density at radius 1 is 1.11 bits per heavy atom. The molecule has 27 heavy (non-hydrogen) atoms. The van der Waals surface area contributed by atoms with Crippen LogP contribution in [0.25, 0.3) is 0 Å². The fourth-order valence-electron chi connectivity index (χ4n) is 5.16. The second-order valence-corrected chi connectivity index (χ2v) is 9.11. The largest absolute Gasteiger partial charge is 0.372 e. The second kappa shape index (κ2) is 6.11. The van der Waals surface area contributed by atoms with Crippen molar-refractivity contribution >= 4 is 17.5 Å². The summed E-state index contributed by atoms with van der Waals surface area (Å²) >= 11 is 0. The average molecular weight is 367 g/mol. The average Bonchev–Trinajstić information content (AvgIpc) is 2.60. The molecule has 0 saturated heterocycles. The number of carbonyl (C=O) groups excluding carboxylic acids is 2. The molecule has 0 aromatic heterocycles. The number of amides is 2. The number of nitrogens with one attached hydrogen (secondary N) is 3. The summed E-state index contributed by atoms with van der Waals surface area (Å²) in [6, 6.07) is 8.27. The highest BCUT2D eigenvalue weighted by Gasteiger charge is 2.59. The molecular weight excluding hydrogens is 338 g/mol. The summed E-state index contributed by atoms with van der Waals surface area (Å²) in [6.45, 7) is 7.47. The van der Waals surface area contributed by atoms with Crippen LogP contribution < -0.4 is 16.0 Å². The van der Waals surface area contributed by atoms with Gasteiger partial charge in [-0.1, -0.05) is 29.3 Å². The fourth-order valence-corrected chi connectivity index (χ4v) is 5.16. The van der Waals surface area contributed by atoms with Crippen molar-refractivity contribution in [2.75, 3.05) is 5.32 Å². The Morgan fingerprint density at radius 2 is 1.74 bits per heavy atom. The molecule has 5 heteroatoms. The molecule has 1 aromatic carbocycles. The molecule has 0 radical (unpaired) electrons. The van der Waals surface area contributed by atoms with Crippen LogP contribution in [0.5, 0.6) is 0 Å². The van der Waals surface area contributed by atoms with Crippen molar-refractivity contribution in [1.82, 2.24) is 10.6 Å². The van der Waals surface area contributed by atoms with E-state index in [-0.39, 0.29) is 23.4 Å². The maximum Gasteiger partial charge on any atom is 0.245 e. The Bertz CT molecular complexity index is 793. The lowest BCUT2D eigenvalue weighted by Crippen LogP contribution is -2.70. The summed E-state index contributed by atoms with van der Waals surface area (Å²) < 4.78 is 0. The first-order valence-corrected chi connectivity index (χ1v) is 9.84. The van der Waals surface area contributed by atoms with Crippen molar-refractivity contribution in [2.45, 2.75) is 64.1 Å². The highest BCUT2D eigenvalue weighted by Crippen LogP contribution is 2.58. The third kappa shape index (κ3) is 3.13. The quantitative estimate of drug-likeness (QED) is 0.701. The zero-order valence-corrected chi connectivity index (χ0v) is 16.6.